The van der Waals surface area contributed by atoms with Gasteiger partial charge in [-0.1, -0.05) is 11.8 Å². The first kappa shape index (κ1) is 13.7. The van der Waals surface area contributed by atoms with Gasteiger partial charge in [0.25, 0.3) is 0 Å². The highest BCUT2D eigenvalue weighted by atomic mass is 31.2. The fourth-order valence-corrected chi connectivity index (χ4v) is 1.29. The molecule has 15 heavy (non-hydrogen) atoms. The van der Waals surface area contributed by atoms with Crippen molar-refractivity contribution in [3.05, 3.63) is 0 Å². The predicted octanol–water partition coefficient (Wildman–Crippen LogP) is 1.94. The Kier molecular flexibility index (Phi) is 6.49. The van der Waals surface area contributed by atoms with Crippen molar-refractivity contribution in [2.24, 2.45) is 0 Å². The van der Waals surface area contributed by atoms with E-state index in [9.17, 15) is 9.36 Å². The Morgan fingerprint density at radius 1 is 1.20 bits per heavy atom. The molecule has 0 unspecified atom stereocenters. The summed E-state index contributed by atoms with van der Waals surface area (Å²) < 4.78 is 20.6. The van der Waals surface area contributed by atoms with Crippen molar-refractivity contribution in [3.8, 4) is 23.7 Å². The van der Waals surface area contributed by atoms with Gasteiger partial charge in [-0.05, 0) is 13.8 Å². The Balaban J connectivity index is 4.41. The fraction of sp³-hybridized carbons (Fsp3) is 0.444. The molecule has 0 bridgehead atoms. The van der Waals surface area contributed by atoms with Crippen LogP contribution >= 0.6 is 7.60 Å². The minimum atomic E-state index is -4.14. The maximum atomic E-state index is 11.5. The van der Waals surface area contributed by atoms with Crippen LogP contribution in [0.25, 0.3) is 0 Å². The van der Waals surface area contributed by atoms with Crippen LogP contribution in [-0.4, -0.2) is 24.0 Å². The summed E-state index contributed by atoms with van der Waals surface area (Å²) in [5.41, 5.74) is -1.64. The van der Waals surface area contributed by atoms with Crippen molar-refractivity contribution in [1.29, 1.82) is 0 Å². The summed E-state index contributed by atoms with van der Waals surface area (Å²) in [7, 11) is -4.14. The second-order valence-corrected chi connectivity index (χ2v) is 4.07. The minimum Gasteiger partial charge on any atom is -0.472 e. The topological polar surface area (TPSA) is 72.8 Å². The summed E-state index contributed by atoms with van der Waals surface area (Å²) in [6.07, 6.45) is 0. The first-order chi connectivity index (χ1) is 7.06. The second-order valence-electron chi connectivity index (χ2n) is 2.18. The number of carbonyl (C=O) groups is 1. The second kappa shape index (κ2) is 7.09. The van der Waals surface area contributed by atoms with Gasteiger partial charge in [-0.3, -0.25) is 9.05 Å². The molecule has 0 fully saturated rings. The normalized spacial score (nSPS) is 9.47. The lowest BCUT2D eigenvalue weighted by Gasteiger charge is -2.10. The Labute approximate surface area is 88.3 Å². The molecule has 1 N–H and O–H groups in total. The summed E-state index contributed by atoms with van der Waals surface area (Å²) in [6.45, 7) is 2.61. The van der Waals surface area contributed by atoms with Gasteiger partial charge < -0.3 is 5.11 Å². The van der Waals surface area contributed by atoms with Crippen molar-refractivity contribution in [2.75, 3.05) is 13.2 Å². The molecule has 0 aromatic rings. The fourth-order valence-electron chi connectivity index (χ4n) is 0.527. The Morgan fingerprint density at radius 3 is 1.87 bits per heavy atom. The van der Waals surface area contributed by atoms with Crippen LogP contribution in [0.1, 0.15) is 13.8 Å². The average Bonchev–Trinajstić information content (AvgIpc) is 2.18. The summed E-state index contributed by atoms with van der Waals surface area (Å²) in [5.74, 6) is 9.80. The third kappa shape index (κ3) is 5.24. The highest BCUT2D eigenvalue weighted by Gasteiger charge is 2.34. The van der Waals surface area contributed by atoms with Crippen molar-refractivity contribution in [2.45, 2.75) is 13.8 Å². The lowest BCUT2D eigenvalue weighted by molar-refractivity contribution is 0.189. The zero-order valence-electron chi connectivity index (χ0n) is 8.44. The first-order valence-corrected chi connectivity index (χ1v) is 5.53. The molecule has 0 heterocycles. The smallest absolute Gasteiger partial charge is 0.440 e. The molecule has 0 radical (unpaired) electrons. The van der Waals surface area contributed by atoms with Crippen LogP contribution < -0.4 is 0 Å². The van der Waals surface area contributed by atoms with Crippen molar-refractivity contribution in [1.82, 2.24) is 0 Å². The van der Waals surface area contributed by atoms with E-state index < -0.39 is 13.3 Å². The molecule has 0 aliphatic rings. The van der Waals surface area contributed by atoms with Gasteiger partial charge in [0.2, 0.25) is 0 Å². The molecule has 0 aliphatic heterocycles. The SMILES string of the molecule is CC#CCOP(=O)(OCC#CC)C(=O)O. The third-order valence-electron chi connectivity index (χ3n) is 1.20. The van der Waals surface area contributed by atoms with Crippen LogP contribution in [0.15, 0.2) is 0 Å². The molecule has 0 saturated heterocycles. The van der Waals surface area contributed by atoms with Gasteiger partial charge >= 0.3 is 13.3 Å². The van der Waals surface area contributed by atoms with E-state index in [1.807, 2.05) is 0 Å². The highest BCUT2D eigenvalue weighted by molar-refractivity contribution is 7.71. The Morgan fingerprint density at radius 2 is 1.60 bits per heavy atom. The maximum Gasteiger partial charge on any atom is 0.440 e. The maximum absolute atomic E-state index is 11.5. The molecule has 0 amide bonds. The van der Waals surface area contributed by atoms with E-state index in [1.165, 1.54) is 0 Å². The molecule has 0 rings (SSSR count). The van der Waals surface area contributed by atoms with Crippen molar-refractivity contribution < 1.29 is 23.5 Å². The van der Waals surface area contributed by atoms with Crippen molar-refractivity contribution >= 4 is 13.3 Å². The molecular weight excluding hydrogens is 219 g/mol. The molecule has 5 nitrogen and oxygen atoms in total. The molecule has 0 aromatic heterocycles. The molecule has 0 spiro atoms. The first-order valence-electron chi connectivity index (χ1n) is 3.98. The predicted molar refractivity (Wildman–Crippen MR) is 54.4 cm³/mol. The van der Waals surface area contributed by atoms with Crippen LogP contribution in [-0.2, 0) is 13.6 Å². The van der Waals surface area contributed by atoms with Gasteiger partial charge in [-0.25, -0.2) is 9.36 Å². The highest BCUT2D eigenvalue weighted by Crippen LogP contribution is 2.48. The van der Waals surface area contributed by atoms with Gasteiger partial charge in [-0.15, -0.1) is 11.8 Å². The number of rotatable bonds is 5. The monoisotopic (exact) mass is 230 g/mol. The summed E-state index contributed by atoms with van der Waals surface area (Å²) in [6, 6.07) is 0. The van der Waals surface area contributed by atoms with Crippen LogP contribution in [0.5, 0.6) is 0 Å². The molecule has 0 aromatic carbocycles. The van der Waals surface area contributed by atoms with Gasteiger partial charge in [0.05, 0.1) is 0 Å². The summed E-state index contributed by atoms with van der Waals surface area (Å²) in [4.78, 5) is 10.6. The molecule has 0 saturated carbocycles. The number of hydrogen-bond donors (Lipinski definition) is 1. The number of carboxylic acid groups (broad SMARTS) is 1. The van der Waals surface area contributed by atoms with E-state index in [0.717, 1.165) is 0 Å². The van der Waals surface area contributed by atoms with Gasteiger partial charge in [-0.2, -0.15) is 0 Å². The zero-order valence-corrected chi connectivity index (χ0v) is 9.34. The third-order valence-corrected chi connectivity index (χ3v) is 2.61. The average molecular weight is 230 g/mol. The van der Waals surface area contributed by atoms with Gasteiger partial charge in [0.1, 0.15) is 13.2 Å². The lowest BCUT2D eigenvalue weighted by atomic mass is 10.6. The Hall–Kier alpha value is -1.26. The van der Waals surface area contributed by atoms with Crippen LogP contribution in [0.3, 0.4) is 0 Å². The van der Waals surface area contributed by atoms with Crippen LogP contribution in [0.4, 0.5) is 4.79 Å². The molecular formula is C9H11O5P. The van der Waals surface area contributed by atoms with E-state index in [0.29, 0.717) is 0 Å². The van der Waals surface area contributed by atoms with E-state index >= 15 is 0 Å². The van der Waals surface area contributed by atoms with E-state index in [-0.39, 0.29) is 13.2 Å². The molecule has 82 valence electrons. The standard InChI is InChI=1S/C9H11O5P/c1-3-5-7-13-15(12,9(10)11)14-8-6-4-2/h7-8H2,1-2H3,(H,10,11). The zero-order chi connectivity index (χ0) is 11.7. The molecule has 0 atom stereocenters. The minimum absolute atomic E-state index is 0.250. The molecule has 0 aliphatic carbocycles. The number of hydrogen-bond acceptors (Lipinski definition) is 4. The lowest BCUT2D eigenvalue weighted by Crippen LogP contribution is -2.05. The van der Waals surface area contributed by atoms with Gasteiger partial charge in [0, 0.05) is 0 Å². The van der Waals surface area contributed by atoms with E-state index in [1.54, 1.807) is 13.8 Å². The molecule has 6 heteroatoms. The summed E-state index contributed by atoms with van der Waals surface area (Å²) >= 11 is 0. The van der Waals surface area contributed by atoms with Gasteiger partial charge in [0.15, 0.2) is 0 Å². The van der Waals surface area contributed by atoms with E-state index in [4.69, 9.17) is 5.11 Å². The van der Waals surface area contributed by atoms with Crippen LogP contribution in [0.2, 0.25) is 0 Å². The van der Waals surface area contributed by atoms with Crippen molar-refractivity contribution in [3.63, 3.8) is 0 Å². The summed E-state index contributed by atoms with van der Waals surface area (Å²) in [5, 5.41) is 8.62. The van der Waals surface area contributed by atoms with E-state index in [2.05, 4.69) is 32.7 Å². The van der Waals surface area contributed by atoms with Crippen LogP contribution in [0, 0.1) is 23.7 Å². The largest absolute Gasteiger partial charge is 0.472 e. The quantitative estimate of drug-likeness (QED) is 0.577. The Bertz CT molecular complexity index is 351.